The Morgan fingerprint density at radius 3 is 2.75 bits per heavy atom. The number of aromatic nitrogens is 1. The molecule has 9 heteroatoms. The normalized spacial score (nSPS) is 17.9. The Bertz CT molecular complexity index is 1140. The number of anilines is 1. The minimum absolute atomic E-state index is 0.121. The summed E-state index contributed by atoms with van der Waals surface area (Å²) in [4.78, 5) is 17.2. The molecule has 146 valence electrons. The fraction of sp³-hybridized carbons (Fsp3) is 0.263. The van der Waals surface area contributed by atoms with Gasteiger partial charge in [-0.25, -0.2) is 13.4 Å². The molecular weight excluding hydrogens is 402 g/mol. The zero-order valence-corrected chi connectivity index (χ0v) is 16.6. The van der Waals surface area contributed by atoms with Gasteiger partial charge < -0.3 is 9.73 Å². The predicted molar refractivity (Wildman–Crippen MR) is 106 cm³/mol. The van der Waals surface area contributed by atoms with E-state index in [4.69, 9.17) is 16.0 Å². The second-order valence-electron chi connectivity index (χ2n) is 6.63. The van der Waals surface area contributed by atoms with Gasteiger partial charge in [-0.1, -0.05) is 11.6 Å². The van der Waals surface area contributed by atoms with Gasteiger partial charge in [-0.2, -0.15) is 4.31 Å². The third kappa shape index (κ3) is 3.50. The number of halogens is 1. The molecule has 1 aliphatic heterocycles. The number of rotatable bonds is 4. The fourth-order valence-corrected chi connectivity index (χ4v) is 5.16. The van der Waals surface area contributed by atoms with Crippen LogP contribution in [0.5, 0.6) is 0 Å². The number of amides is 1. The number of carbonyl (C=O) groups is 1. The lowest BCUT2D eigenvalue weighted by Gasteiger charge is -2.23. The summed E-state index contributed by atoms with van der Waals surface area (Å²) >= 11 is 5.85. The molecule has 4 rings (SSSR count). The zero-order valence-electron chi connectivity index (χ0n) is 15.1. The Balaban J connectivity index is 1.56. The summed E-state index contributed by atoms with van der Waals surface area (Å²) in [5.41, 5.74) is 1.80. The molecule has 0 aliphatic carbocycles. The minimum atomic E-state index is -3.79. The lowest BCUT2D eigenvalue weighted by molar-refractivity contribution is -0.119. The van der Waals surface area contributed by atoms with Crippen molar-refractivity contribution in [1.82, 2.24) is 9.29 Å². The molecule has 1 atom stereocenters. The first kappa shape index (κ1) is 18.9. The van der Waals surface area contributed by atoms with E-state index in [0.717, 1.165) is 0 Å². The highest BCUT2D eigenvalue weighted by atomic mass is 35.5. The molecule has 7 nitrogen and oxygen atoms in total. The molecule has 0 saturated carbocycles. The number of oxazole rings is 1. The summed E-state index contributed by atoms with van der Waals surface area (Å²) in [5, 5.41) is 3.25. The Hall–Kier alpha value is -2.42. The molecule has 0 spiro atoms. The number of hydrogen-bond donors (Lipinski definition) is 1. The van der Waals surface area contributed by atoms with Crippen LogP contribution in [0.15, 0.2) is 51.8 Å². The first-order chi connectivity index (χ1) is 13.3. The maximum Gasteiger partial charge on any atom is 0.243 e. The molecule has 1 aromatic heterocycles. The average Bonchev–Trinajstić information content (AvgIpc) is 3.28. The summed E-state index contributed by atoms with van der Waals surface area (Å²) in [5.74, 6) is 0.170. The van der Waals surface area contributed by atoms with Crippen LogP contribution in [0.2, 0.25) is 5.02 Å². The summed E-state index contributed by atoms with van der Waals surface area (Å²) in [6.07, 6.45) is 1.08. The number of fused-ring (bicyclic) bond motifs is 1. The summed E-state index contributed by atoms with van der Waals surface area (Å²) in [6.45, 7) is 2.04. The molecule has 1 aliphatic rings. The lowest BCUT2D eigenvalue weighted by atomic mass is 10.2. The number of aryl methyl sites for hydroxylation is 1. The SMILES string of the molecule is Cc1nc2cc(NC(=O)[C@H]3CCCN3S(=O)(=O)c3ccc(Cl)cc3)ccc2o1. The number of hydrogen-bond acceptors (Lipinski definition) is 5. The van der Waals surface area contributed by atoms with Crippen molar-refractivity contribution in [1.29, 1.82) is 0 Å². The van der Waals surface area contributed by atoms with E-state index >= 15 is 0 Å². The van der Waals surface area contributed by atoms with Crippen molar-refractivity contribution in [3.63, 3.8) is 0 Å². The van der Waals surface area contributed by atoms with Crippen LogP contribution in [0.4, 0.5) is 5.69 Å². The molecule has 2 aromatic carbocycles. The highest BCUT2D eigenvalue weighted by Gasteiger charge is 2.39. The second-order valence-corrected chi connectivity index (χ2v) is 8.96. The smallest absolute Gasteiger partial charge is 0.243 e. The van der Waals surface area contributed by atoms with Crippen molar-refractivity contribution < 1.29 is 17.6 Å². The first-order valence-electron chi connectivity index (χ1n) is 8.80. The van der Waals surface area contributed by atoms with Crippen LogP contribution < -0.4 is 5.32 Å². The van der Waals surface area contributed by atoms with Crippen molar-refractivity contribution >= 4 is 44.3 Å². The summed E-state index contributed by atoms with van der Waals surface area (Å²) in [6, 6.07) is 10.3. The third-order valence-electron chi connectivity index (χ3n) is 4.69. The van der Waals surface area contributed by atoms with Crippen LogP contribution in [0.25, 0.3) is 11.1 Å². The number of nitrogens with zero attached hydrogens (tertiary/aromatic N) is 2. The van der Waals surface area contributed by atoms with Gasteiger partial charge in [0.2, 0.25) is 15.9 Å². The van der Waals surface area contributed by atoms with E-state index in [1.807, 2.05) is 0 Å². The molecule has 1 N–H and O–H groups in total. The molecule has 0 unspecified atom stereocenters. The average molecular weight is 420 g/mol. The Kier molecular flexibility index (Phi) is 4.86. The van der Waals surface area contributed by atoms with E-state index < -0.39 is 16.1 Å². The Morgan fingerprint density at radius 1 is 1.25 bits per heavy atom. The van der Waals surface area contributed by atoms with Gasteiger partial charge in [0.1, 0.15) is 11.6 Å². The van der Waals surface area contributed by atoms with Crippen molar-refractivity contribution in [2.24, 2.45) is 0 Å². The molecule has 28 heavy (non-hydrogen) atoms. The number of carbonyl (C=O) groups excluding carboxylic acids is 1. The number of nitrogens with one attached hydrogen (secondary N) is 1. The molecule has 1 saturated heterocycles. The van der Waals surface area contributed by atoms with Gasteiger partial charge in [-0.05, 0) is 55.3 Å². The molecule has 1 fully saturated rings. The van der Waals surface area contributed by atoms with Crippen LogP contribution in [0, 0.1) is 6.92 Å². The first-order valence-corrected chi connectivity index (χ1v) is 10.6. The second kappa shape index (κ2) is 7.20. The predicted octanol–water partition coefficient (Wildman–Crippen LogP) is 3.58. The maximum atomic E-state index is 13.0. The number of benzene rings is 2. The molecular formula is C19H18ClN3O4S. The van der Waals surface area contributed by atoms with Crippen LogP contribution in [-0.4, -0.2) is 36.2 Å². The molecule has 1 amide bonds. The van der Waals surface area contributed by atoms with E-state index in [2.05, 4.69) is 10.3 Å². The van der Waals surface area contributed by atoms with E-state index in [9.17, 15) is 13.2 Å². The molecule has 0 radical (unpaired) electrons. The van der Waals surface area contributed by atoms with Crippen LogP contribution in [0.1, 0.15) is 18.7 Å². The lowest BCUT2D eigenvalue weighted by Crippen LogP contribution is -2.43. The van der Waals surface area contributed by atoms with Gasteiger partial charge in [-0.15, -0.1) is 0 Å². The standard InChI is InChI=1S/C19H18ClN3O4S/c1-12-21-16-11-14(6-9-18(16)27-12)22-19(24)17-3-2-10-23(17)28(25,26)15-7-4-13(20)5-8-15/h4-9,11,17H,2-3,10H2,1H3,(H,22,24)/t17-/m1/s1. The van der Waals surface area contributed by atoms with Crippen molar-refractivity contribution in [3.05, 3.63) is 53.4 Å². The summed E-state index contributed by atoms with van der Waals surface area (Å²) < 4.78 is 32.6. The van der Waals surface area contributed by atoms with Gasteiger partial charge >= 0.3 is 0 Å². The third-order valence-corrected chi connectivity index (χ3v) is 6.86. The Morgan fingerprint density at radius 2 is 2.00 bits per heavy atom. The summed E-state index contributed by atoms with van der Waals surface area (Å²) in [7, 11) is -3.79. The van der Waals surface area contributed by atoms with Gasteiger partial charge in [0.05, 0.1) is 4.90 Å². The topological polar surface area (TPSA) is 92.5 Å². The highest BCUT2D eigenvalue weighted by Crippen LogP contribution is 2.28. The largest absolute Gasteiger partial charge is 0.441 e. The van der Waals surface area contributed by atoms with E-state index in [1.165, 1.54) is 28.6 Å². The monoisotopic (exact) mass is 419 g/mol. The van der Waals surface area contributed by atoms with E-state index in [-0.39, 0.29) is 10.8 Å². The number of sulfonamides is 1. The van der Waals surface area contributed by atoms with E-state index in [0.29, 0.717) is 47.1 Å². The van der Waals surface area contributed by atoms with Crippen molar-refractivity contribution in [3.8, 4) is 0 Å². The fourth-order valence-electron chi connectivity index (χ4n) is 3.38. The van der Waals surface area contributed by atoms with Gasteiger partial charge in [0, 0.05) is 24.2 Å². The molecule has 2 heterocycles. The molecule has 3 aromatic rings. The van der Waals surface area contributed by atoms with Crippen LogP contribution in [0.3, 0.4) is 0 Å². The minimum Gasteiger partial charge on any atom is -0.441 e. The van der Waals surface area contributed by atoms with Crippen molar-refractivity contribution in [2.45, 2.75) is 30.7 Å². The molecule has 0 bridgehead atoms. The zero-order chi connectivity index (χ0) is 19.9. The van der Waals surface area contributed by atoms with Gasteiger partial charge in [0.25, 0.3) is 0 Å². The van der Waals surface area contributed by atoms with Crippen LogP contribution >= 0.6 is 11.6 Å². The van der Waals surface area contributed by atoms with Gasteiger partial charge in [0.15, 0.2) is 11.5 Å². The quantitative estimate of drug-likeness (QED) is 0.697. The van der Waals surface area contributed by atoms with E-state index in [1.54, 1.807) is 25.1 Å². The van der Waals surface area contributed by atoms with Crippen LogP contribution in [-0.2, 0) is 14.8 Å². The maximum absolute atomic E-state index is 13.0. The van der Waals surface area contributed by atoms with Gasteiger partial charge in [-0.3, -0.25) is 4.79 Å². The Labute approximate surface area is 167 Å². The highest BCUT2D eigenvalue weighted by molar-refractivity contribution is 7.89. The van der Waals surface area contributed by atoms with Crippen molar-refractivity contribution in [2.75, 3.05) is 11.9 Å².